The first-order valence-electron chi connectivity index (χ1n) is 11.2. The lowest BCUT2D eigenvalue weighted by molar-refractivity contribution is -0.139. The molecule has 2 heterocycles. The summed E-state index contributed by atoms with van der Waals surface area (Å²) in [7, 11) is 0. The van der Waals surface area contributed by atoms with Gasteiger partial charge in [0.2, 0.25) is 5.91 Å². The maximum Gasteiger partial charge on any atom is 0.316 e. The minimum atomic E-state index is -0.748. The number of amides is 3. The number of carbonyl (C=O) groups is 4. The summed E-state index contributed by atoms with van der Waals surface area (Å²) >= 11 is 36.9. The van der Waals surface area contributed by atoms with Gasteiger partial charge in [-0.15, -0.1) is 0 Å². The van der Waals surface area contributed by atoms with Crippen molar-refractivity contribution in [3.8, 4) is 5.75 Å². The van der Waals surface area contributed by atoms with Crippen LogP contribution in [0.4, 0.5) is 11.4 Å². The lowest BCUT2D eigenvalue weighted by Gasteiger charge is -2.19. The normalized spacial score (nSPS) is 16.8. The molecular weight excluding hydrogens is 633 g/mol. The van der Waals surface area contributed by atoms with Gasteiger partial charge in [0.15, 0.2) is 0 Å². The van der Waals surface area contributed by atoms with Crippen molar-refractivity contribution in [2.24, 2.45) is 5.92 Å². The van der Waals surface area contributed by atoms with Crippen molar-refractivity contribution in [2.75, 3.05) is 16.3 Å². The molecule has 13 heteroatoms. The van der Waals surface area contributed by atoms with E-state index in [0.717, 1.165) is 4.90 Å². The molecule has 1 fully saturated rings. The average Bonchev–Trinajstić information content (AvgIpc) is 3.40. The van der Waals surface area contributed by atoms with E-state index in [-0.39, 0.29) is 71.6 Å². The number of halogens is 6. The van der Waals surface area contributed by atoms with Gasteiger partial charge in [0, 0.05) is 13.0 Å². The SMILES string of the molecule is Cc1cc(OC(=O)[C@H]2CC(=O)N(c3cccc(Cl)c3Cl)C2)ccc1N1C(=O)c2c(Cl)c(Cl)c(Cl)c(Cl)c2C1=O. The van der Waals surface area contributed by atoms with Gasteiger partial charge in [-0.3, -0.25) is 19.2 Å². The first-order valence-corrected chi connectivity index (χ1v) is 13.5. The largest absolute Gasteiger partial charge is 0.426 e. The molecule has 5 rings (SSSR count). The van der Waals surface area contributed by atoms with Crippen molar-refractivity contribution in [1.82, 2.24) is 0 Å². The predicted molar refractivity (Wildman–Crippen MR) is 151 cm³/mol. The number of aryl methyl sites for hydroxylation is 1. The fourth-order valence-electron chi connectivity index (χ4n) is 4.51. The molecule has 3 aromatic rings. The van der Waals surface area contributed by atoms with Crippen LogP contribution in [0, 0.1) is 12.8 Å². The molecule has 0 spiro atoms. The zero-order valence-electron chi connectivity index (χ0n) is 19.7. The van der Waals surface area contributed by atoms with Crippen LogP contribution in [0.3, 0.4) is 0 Å². The zero-order valence-corrected chi connectivity index (χ0v) is 24.2. The number of carbonyl (C=O) groups excluding carboxylic acids is 4. The number of hydrogen-bond acceptors (Lipinski definition) is 5. The molecule has 0 bridgehead atoms. The smallest absolute Gasteiger partial charge is 0.316 e. The van der Waals surface area contributed by atoms with Crippen molar-refractivity contribution in [3.05, 3.63) is 83.2 Å². The number of nitrogens with zero attached hydrogens (tertiary/aromatic N) is 2. The summed E-state index contributed by atoms with van der Waals surface area (Å²) in [6, 6.07) is 9.26. The molecule has 2 aliphatic heterocycles. The number of fused-ring (bicyclic) bond motifs is 1. The summed E-state index contributed by atoms with van der Waals surface area (Å²) in [6.07, 6.45) is -0.0690. The number of hydrogen-bond donors (Lipinski definition) is 0. The summed E-state index contributed by atoms with van der Waals surface area (Å²) in [4.78, 5) is 54.2. The number of rotatable bonds is 4. The van der Waals surface area contributed by atoms with E-state index >= 15 is 0 Å². The molecule has 0 aliphatic carbocycles. The Morgan fingerprint density at radius 3 is 2.03 bits per heavy atom. The third-order valence-corrected chi connectivity index (χ3v) is 9.02. The van der Waals surface area contributed by atoms with E-state index < -0.39 is 23.7 Å². The fourth-order valence-corrected chi connectivity index (χ4v) is 5.92. The van der Waals surface area contributed by atoms with Crippen LogP contribution in [0.2, 0.25) is 30.1 Å². The van der Waals surface area contributed by atoms with Crippen LogP contribution >= 0.6 is 69.6 Å². The lowest BCUT2D eigenvalue weighted by atomic mass is 10.1. The number of esters is 1. The first kappa shape index (κ1) is 28.0. The Hall–Kier alpha value is -2.52. The van der Waals surface area contributed by atoms with Gasteiger partial charge in [0.1, 0.15) is 5.75 Å². The highest BCUT2D eigenvalue weighted by molar-refractivity contribution is 6.56. The molecule has 0 unspecified atom stereocenters. The standard InChI is InChI=1S/C26H14Cl6N2O5/c1-10-7-12(39-26(38)11-8-16(35)33(9-11)15-4-2-3-13(27)19(15)28)5-6-14(10)34-24(36)17-18(25(34)37)21(30)23(32)22(31)20(17)29/h2-7,11H,8-9H2,1H3/t11-/m0/s1. The van der Waals surface area contributed by atoms with Gasteiger partial charge < -0.3 is 9.64 Å². The minimum Gasteiger partial charge on any atom is -0.426 e. The van der Waals surface area contributed by atoms with Crippen molar-refractivity contribution >= 4 is 105 Å². The summed E-state index contributed by atoms with van der Waals surface area (Å²) in [5, 5.41) is -0.115. The van der Waals surface area contributed by atoms with Crippen molar-refractivity contribution in [3.63, 3.8) is 0 Å². The Bertz CT molecular complexity index is 1580. The van der Waals surface area contributed by atoms with Crippen LogP contribution in [0.25, 0.3) is 0 Å². The minimum absolute atomic E-state index is 0.0659. The Balaban J connectivity index is 1.35. The maximum atomic E-state index is 13.2. The molecule has 0 N–H and O–H groups in total. The van der Waals surface area contributed by atoms with Crippen LogP contribution in [0.5, 0.6) is 5.75 Å². The second-order valence-electron chi connectivity index (χ2n) is 8.80. The predicted octanol–water partition coefficient (Wildman–Crippen LogP) is 7.67. The summed E-state index contributed by atoms with van der Waals surface area (Å²) < 4.78 is 5.53. The highest BCUT2D eigenvalue weighted by atomic mass is 35.5. The van der Waals surface area contributed by atoms with Crippen LogP contribution in [0.1, 0.15) is 32.7 Å². The monoisotopic (exact) mass is 644 g/mol. The summed E-state index contributed by atoms with van der Waals surface area (Å²) in [5.74, 6) is -2.96. The summed E-state index contributed by atoms with van der Waals surface area (Å²) in [5.41, 5.74) is 0.776. The molecule has 39 heavy (non-hydrogen) atoms. The van der Waals surface area contributed by atoms with Crippen molar-refractivity contribution in [1.29, 1.82) is 0 Å². The molecule has 3 aromatic carbocycles. The van der Waals surface area contributed by atoms with E-state index in [1.54, 1.807) is 25.1 Å². The highest BCUT2D eigenvalue weighted by Crippen LogP contribution is 2.46. The van der Waals surface area contributed by atoms with Crippen LogP contribution < -0.4 is 14.5 Å². The van der Waals surface area contributed by atoms with Crippen LogP contribution in [0.15, 0.2) is 36.4 Å². The lowest BCUT2D eigenvalue weighted by Crippen LogP contribution is -2.30. The molecule has 0 saturated carbocycles. The second kappa shape index (κ2) is 10.5. The first-order chi connectivity index (χ1) is 18.4. The van der Waals surface area contributed by atoms with Gasteiger partial charge >= 0.3 is 5.97 Å². The highest BCUT2D eigenvalue weighted by Gasteiger charge is 2.43. The number of benzene rings is 3. The van der Waals surface area contributed by atoms with E-state index in [9.17, 15) is 19.2 Å². The van der Waals surface area contributed by atoms with E-state index in [1.165, 1.54) is 23.1 Å². The van der Waals surface area contributed by atoms with E-state index in [1.807, 2.05) is 0 Å². The molecule has 2 aliphatic rings. The second-order valence-corrected chi connectivity index (χ2v) is 11.1. The molecule has 7 nitrogen and oxygen atoms in total. The Morgan fingerprint density at radius 1 is 0.821 bits per heavy atom. The molecule has 0 aromatic heterocycles. The van der Waals surface area contributed by atoms with E-state index in [2.05, 4.69) is 0 Å². The Labute approximate surface area is 252 Å². The quantitative estimate of drug-likeness (QED) is 0.0955. The van der Waals surface area contributed by atoms with Gasteiger partial charge in [-0.2, -0.15) is 0 Å². The molecule has 200 valence electrons. The molecule has 1 saturated heterocycles. The molecule has 3 amide bonds. The number of imide groups is 1. The molecular formula is C26H14Cl6N2O5. The summed E-state index contributed by atoms with van der Waals surface area (Å²) in [6.45, 7) is 1.69. The Morgan fingerprint density at radius 2 is 1.44 bits per heavy atom. The molecule has 1 atom stereocenters. The third kappa shape index (κ3) is 4.65. The van der Waals surface area contributed by atoms with Crippen molar-refractivity contribution in [2.45, 2.75) is 13.3 Å². The van der Waals surface area contributed by atoms with Gasteiger partial charge in [0.05, 0.1) is 58.6 Å². The third-order valence-electron chi connectivity index (χ3n) is 6.41. The van der Waals surface area contributed by atoms with Gasteiger partial charge in [0.25, 0.3) is 11.8 Å². The Kier molecular flexibility index (Phi) is 7.52. The topological polar surface area (TPSA) is 84.0 Å². The van der Waals surface area contributed by atoms with E-state index in [4.69, 9.17) is 74.3 Å². The zero-order chi connectivity index (χ0) is 28.3. The number of ether oxygens (including phenoxy) is 1. The molecule has 0 radical (unpaired) electrons. The van der Waals surface area contributed by atoms with Gasteiger partial charge in [-0.25, -0.2) is 4.90 Å². The fraction of sp³-hybridized carbons (Fsp3) is 0.154. The van der Waals surface area contributed by atoms with Crippen molar-refractivity contribution < 1.29 is 23.9 Å². The van der Waals surface area contributed by atoms with Gasteiger partial charge in [-0.1, -0.05) is 75.7 Å². The number of anilines is 2. The maximum absolute atomic E-state index is 13.2. The van der Waals surface area contributed by atoms with Gasteiger partial charge in [-0.05, 0) is 42.8 Å². The van der Waals surface area contributed by atoms with Crippen LogP contribution in [-0.4, -0.2) is 30.2 Å². The van der Waals surface area contributed by atoms with Crippen LogP contribution in [-0.2, 0) is 9.59 Å². The average molecular weight is 647 g/mol. The van der Waals surface area contributed by atoms with E-state index in [0.29, 0.717) is 11.3 Å².